The molecule has 0 spiro atoms. The Bertz CT molecular complexity index is 724. The molecule has 0 aromatic heterocycles. The summed E-state index contributed by atoms with van der Waals surface area (Å²) in [5.41, 5.74) is 0.611. The monoisotopic (exact) mass is 651 g/mol. The van der Waals surface area contributed by atoms with Crippen LogP contribution in [0.5, 0.6) is 0 Å². The predicted molar refractivity (Wildman–Crippen MR) is 218 cm³/mol. The molecular weight excluding hydrogens is 553 g/mol. The molecule has 0 bridgehead atoms. The molecule has 0 heteroatoms. The molecule has 0 nitrogen and oxygen atoms in total. The third kappa shape index (κ3) is 12.7. The first-order chi connectivity index (χ1) is 22.0. The van der Waals surface area contributed by atoms with Gasteiger partial charge in [0.1, 0.15) is 0 Å². The van der Waals surface area contributed by atoms with Crippen LogP contribution in [0.25, 0.3) is 0 Å². The molecule has 0 aromatic rings. The van der Waals surface area contributed by atoms with E-state index in [-0.39, 0.29) is 8.56 Å². The zero-order valence-electron chi connectivity index (χ0n) is 33.1. The average Bonchev–Trinajstić information content (AvgIpc) is 3.05. The molecule has 0 radical (unpaired) electrons. The molecular formula is C46H98. The Hall–Kier alpha value is 0. The van der Waals surface area contributed by atoms with Crippen LogP contribution in [0.2, 0.25) is 0 Å². The molecule has 0 aliphatic heterocycles. The smallest absolute Gasteiger partial charge is 0 e. The zero-order chi connectivity index (χ0) is 33.1. The van der Waals surface area contributed by atoms with Gasteiger partial charge < -0.3 is 0 Å². The van der Waals surface area contributed by atoms with Crippen LogP contribution in [-0.2, 0) is 0 Å². The summed E-state index contributed by atoms with van der Waals surface area (Å²) in [5.74, 6) is 12.5. The van der Waals surface area contributed by atoms with Gasteiger partial charge in [0.25, 0.3) is 0 Å². The number of rotatable bonds is 5. The third-order valence-corrected chi connectivity index (χ3v) is 15.9. The second-order valence-corrected chi connectivity index (χ2v) is 20.3. The molecule has 0 heterocycles. The summed E-state index contributed by atoms with van der Waals surface area (Å²) in [6.45, 7) is 19.7. The SMILES string of the molecule is CC1CCC(C(C)(C)C2CCC(C)CC2)CC1.CC1CCC(C2CCC(C)CC2)CC1.CC1CCC(CC2CCC(C)CC2)CC1.[HH].[HH].[HH].[HH].[HH].[HH]. The first-order valence-corrected chi connectivity index (χ1v) is 22.0. The van der Waals surface area contributed by atoms with Gasteiger partial charge in [0.05, 0.1) is 0 Å². The zero-order valence-corrected chi connectivity index (χ0v) is 33.1. The highest BCUT2D eigenvalue weighted by Crippen LogP contribution is 2.50. The Kier molecular flexibility index (Phi) is 16.4. The fraction of sp³-hybridized carbons (Fsp3) is 1.00. The normalized spacial score (nSPS) is 42.5. The van der Waals surface area contributed by atoms with Crippen molar-refractivity contribution in [2.75, 3.05) is 0 Å². The molecule has 6 saturated carbocycles. The van der Waals surface area contributed by atoms with Gasteiger partial charge in [-0.3, -0.25) is 0 Å². The first-order valence-electron chi connectivity index (χ1n) is 22.0. The number of hydrogen-bond acceptors (Lipinski definition) is 0. The van der Waals surface area contributed by atoms with Crippen LogP contribution in [0.4, 0.5) is 0 Å². The van der Waals surface area contributed by atoms with Crippen molar-refractivity contribution in [2.24, 2.45) is 76.4 Å². The van der Waals surface area contributed by atoms with Gasteiger partial charge in [0.15, 0.2) is 0 Å². The second-order valence-electron chi connectivity index (χ2n) is 20.3. The van der Waals surface area contributed by atoms with Crippen molar-refractivity contribution in [2.45, 2.75) is 216 Å². The lowest BCUT2D eigenvalue weighted by Gasteiger charge is -2.46. The minimum atomic E-state index is 0. The average molecular weight is 651 g/mol. The van der Waals surface area contributed by atoms with Gasteiger partial charge in [-0.25, -0.2) is 0 Å². The van der Waals surface area contributed by atoms with E-state index in [2.05, 4.69) is 55.4 Å². The van der Waals surface area contributed by atoms with Gasteiger partial charge in [0.2, 0.25) is 0 Å². The maximum Gasteiger partial charge on any atom is 0 e. The molecule has 0 aromatic carbocycles. The van der Waals surface area contributed by atoms with E-state index in [1.165, 1.54) is 128 Å². The quantitative estimate of drug-likeness (QED) is 0.278. The predicted octanol–water partition coefficient (Wildman–Crippen LogP) is 16.8. The van der Waals surface area contributed by atoms with Gasteiger partial charge >= 0.3 is 0 Å². The van der Waals surface area contributed by atoms with E-state index in [9.17, 15) is 0 Å². The Labute approximate surface area is 300 Å². The van der Waals surface area contributed by atoms with E-state index in [4.69, 9.17) is 0 Å². The van der Waals surface area contributed by atoms with Gasteiger partial charge in [-0.05, 0) is 134 Å². The molecule has 6 fully saturated rings. The van der Waals surface area contributed by atoms with E-state index in [0.29, 0.717) is 5.41 Å². The summed E-state index contributed by atoms with van der Waals surface area (Å²) in [4.78, 5) is 0. The van der Waals surface area contributed by atoms with Crippen LogP contribution in [0.1, 0.15) is 224 Å². The molecule has 0 saturated heterocycles. The second kappa shape index (κ2) is 19.4. The first kappa shape index (κ1) is 38.8. The summed E-state index contributed by atoms with van der Waals surface area (Å²) >= 11 is 0. The maximum absolute atomic E-state index is 2.58. The molecule has 6 aliphatic rings. The van der Waals surface area contributed by atoms with Gasteiger partial charge in [-0.15, -0.1) is 0 Å². The van der Waals surface area contributed by atoms with Crippen molar-refractivity contribution in [3.8, 4) is 0 Å². The Balaban J connectivity index is -0.000000657. The van der Waals surface area contributed by atoms with Gasteiger partial charge in [-0.2, -0.15) is 0 Å². The molecule has 6 aliphatic carbocycles. The molecule has 6 rings (SSSR count). The highest BCUT2D eigenvalue weighted by atomic mass is 14.4. The third-order valence-electron chi connectivity index (χ3n) is 15.9. The Morgan fingerprint density at radius 3 is 0.804 bits per heavy atom. The molecule has 282 valence electrons. The highest BCUT2D eigenvalue weighted by Gasteiger charge is 2.39. The van der Waals surface area contributed by atoms with Crippen molar-refractivity contribution in [1.82, 2.24) is 0 Å². The largest absolute Gasteiger partial charge is 0.0625 e. The van der Waals surface area contributed by atoms with Crippen molar-refractivity contribution >= 4 is 0 Å². The van der Waals surface area contributed by atoms with E-state index < -0.39 is 0 Å². The minimum absolute atomic E-state index is 0. The standard InChI is InChI=1S/C17H32.C15H28.C14H26.6H2/c1-13-5-9-15(10-6-13)17(3,4)16-11-7-14(2)8-12-16;1-12-3-7-14(8-4-12)11-15-9-5-13(2)6-10-15;1-11-3-7-13(8-4-11)14-9-5-12(2)6-10-14;;;;;;/h13-16H,5-12H2,1-4H3;12-15H,3-11H2,1-2H3;11-14H,3-10H2,1-2H3;6*1H. The lowest BCUT2D eigenvalue weighted by Crippen LogP contribution is -2.36. The van der Waals surface area contributed by atoms with Gasteiger partial charge in [0, 0.05) is 8.56 Å². The topological polar surface area (TPSA) is 0 Å². The lowest BCUT2D eigenvalue weighted by atomic mass is 9.59. The Morgan fingerprint density at radius 1 is 0.326 bits per heavy atom. The van der Waals surface area contributed by atoms with E-state index in [1.807, 2.05) is 0 Å². The summed E-state index contributed by atoms with van der Waals surface area (Å²) < 4.78 is 0. The van der Waals surface area contributed by atoms with Crippen molar-refractivity contribution in [3.05, 3.63) is 0 Å². The molecule has 0 N–H and O–H groups in total. The Morgan fingerprint density at radius 2 is 0.543 bits per heavy atom. The summed E-state index contributed by atoms with van der Waals surface area (Å²) in [5, 5.41) is 0. The van der Waals surface area contributed by atoms with Crippen molar-refractivity contribution < 1.29 is 8.56 Å². The molecule has 0 atom stereocenters. The van der Waals surface area contributed by atoms with Crippen LogP contribution < -0.4 is 0 Å². The fourth-order valence-electron chi connectivity index (χ4n) is 11.5. The maximum atomic E-state index is 2.58. The molecule has 0 unspecified atom stereocenters. The van der Waals surface area contributed by atoms with Crippen molar-refractivity contribution in [1.29, 1.82) is 0 Å². The van der Waals surface area contributed by atoms with Crippen LogP contribution in [0.15, 0.2) is 0 Å². The van der Waals surface area contributed by atoms with Crippen LogP contribution in [0, 0.1) is 76.4 Å². The summed E-state index contributed by atoms with van der Waals surface area (Å²) in [7, 11) is 0. The highest BCUT2D eigenvalue weighted by molar-refractivity contribution is 4.90. The van der Waals surface area contributed by atoms with E-state index >= 15 is 0 Å². The lowest BCUT2D eigenvalue weighted by molar-refractivity contribution is 0.0421. The van der Waals surface area contributed by atoms with Crippen LogP contribution >= 0.6 is 0 Å². The van der Waals surface area contributed by atoms with Crippen LogP contribution in [0.3, 0.4) is 0 Å². The molecule has 0 amide bonds. The minimum Gasteiger partial charge on any atom is -0.0625 e. The number of hydrogen-bond donors (Lipinski definition) is 0. The van der Waals surface area contributed by atoms with Crippen LogP contribution in [-0.4, -0.2) is 0 Å². The van der Waals surface area contributed by atoms with E-state index in [0.717, 1.165) is 71.0 Å². The van der Waals surface area contributed by atoms with Gasteiger partial charge in [-0.1, -0.05) is 158 Å². The summed E-state index contributed by atoms with van der Waals surface area (Å²) in [6.07, 6.45) is 37.9. The van der Waals surface area contributed by atoms with E-state index in [1.54, 1.807) is 32.1 Å². The summed E-state index contributed by atoms with van der Waals surface area (Å²) in [6, 6.07) is 0. The molecule has 46 heavy (non-hydrogen) atoms. The van der Waals surface area contributed by atoms with Crippen molar-refractivity contribution in [3.63, 3.8) is 0 Å². The fourth-order valence-corrected chi connectivity index (χ4v) is 11.5.